The Morgan fingerprint density at radius 2 is 1.88 bits per heavy atom. The topological polar surface area (TPSA) is 69.0 Å². The van der Waals surface area contributed by atoms with Crippen molar-refractivity contribution in [3.8, 4) is 5.69 Å². The van der Waals surface area contributed by atoms with Crippen LogP contribution in [0.4, 0.5) is 0 Å². The van der Waals surface area contributed by atoms with Crippen LogP contribution in [0.5, 0.6) is 0 Å². The molecular formula is C18H16Cl2N4O2. The molecule has 6 nitrogen and oxygen atoms in total. The van der Waals surface area contributed by atoms with E-state index < -0.39 is 0 Å². The van der Waals surface area contributed by atoms with Gasteiger partial charge in [-0.05, 0) is 35.9 Å². The van der Waals surface area contributed by atoms with Gasteiger partial charge in [-0.15, -0.1) is 5.10 Å². The van der Waals surface area contributed by atoms with Crippen LogP contribution in [0.2, 0.25) is 10.0 Å². The predicted octanol–water partition coefficient (Wildman–Crippen LogP) is 3.65. The van der Waals surface area contributed by atoms with Crippen LogP contribution >= 0.6 is 23.2 Å². The van der Waals surface area contributed by atoms with E-state index in [1.54, 1.807) is 42.1 Å². The maximum atomic E-state index is 12.6. The molecule has 0 bridgehead atoms. The smallest absolute Gasteiger partial charge is 0.274 e. The van der Waals surface area contributed by atoms with E-state index in [-0.39, 0.29) is 18.2 Å². The zero-order chi connectivity index (χ0) is 18.5. The lowest BCUT2D eigenvalue weighted by atomic mass is 10.2. The molecule has 1 amide bonds. The van der Waals surface area contributed by atoms with Crippen LogP contribution in [0.25, 0.3) is 5.69 Å². The number of amides is 1. The molecule has 1 heterocycles. The Morgan fingerprint density at radius 1 is 1.15 bits per heavy atom. The van der Waals surface area contributed by atoms with Crippen molar-refractivity contribution in [3.63, 3.8) is 0 Å². The number of benzene rings is 2. The minimum Gasteiger partial charge on any atom is -0.378 e. The molecule has 134 valence electrons. The molecule has 1 aromatic heterocycles. The third kappa shape index (κ3) is 4.04. The van der Waals surface area contributed by atoms with Crippen LogP contribution in [-0.2, 0) is 17.9 Å². The summed E-state index contributed by atoms with van der Waals surface area (Å²) in [6.45, 7) is 0.475. The highest BCUT2D eigenvalue weighted by molar-refractivity contribution is 6.31. The first-order valence-corrected chi connectivity index (χ1v) is 8.57. The Morgan fingerprint density at radius 3 is 2.58 bits per heavy atom. The van der Waals surface area contributed by atoms with Crippen LogP contribution in [0.1, 0.15) is 21.7 Å². The molecule has 0 unspecified atom stereocenters. The fourth-order valence-electron chi connectivity index (χ4n) is 2.43. The summed E-state index contributed by atoms with van der Waals surface area (Å²) < 4.78 is 6.78. The van der Waals surface area contributed by atoms with E-state index in [0.717, 1.165) is 11.3 Å². The Bertz CT molecular complexity index is 910. The molecule has 26 heavy (non-hydrogen) atoms. The molecule has 0 aliphatic carbocycles. The number of carbonyl (C=O) groups excluding carboxylic acids is 1. The largest absolute Gasteiger partial charge is 0.378 e. The summed E-state index contributed by atoms with van der Waals surface area (Å²) >= 11 is 12.0. The molecule has 3 rings (SSSR count). The van der Waals surface area contributed by atoms with Crippen molar-refractivity contribution in [3.05, 3.63) is 75.5 Å². The number of nitrogens with one attached hydrogen (secondary N) is 1. The van der Waals surface area contributed by atoms with E-state index in [4.69, 9.17) is 27.9 Å². The van der Waals surface area contributed by atoms with Crippen molar-refractivity contribution >= 4 is 29.1 Å². The fraction of sp³-hybridized carbons (Fsp3) is 0.167. The third-order valence-corrected chi connectivity index (χ3v) is 4.35. The molecule has 0 aliphatic heterocycles. The number of methoxy groups -OCH3 is 1. The molecule has 3 aromatic rings. The number of carbonyl (C=O) groups is 1. The second kappa shape index (κ2) is 8.31. The maximum absolute atomic E-state index is 12.6. The number of halogens is 2. The average molecular weight is 391 g/mol. The maximum Gasteiger partial charge on any atom is 0.274 e. The van der Waals surface area contributed by atoms with Crippen LogP contribution in [-0.4, -0.2) is 28.0 Å². The van der Waals surface area contributed by atoms with Gasteiger partial charge in [0.25, 0.3) is 5.91 Å². The summed E-state index contributed by atoms with van der Waals surface area (Å²) in [5.74, 6) is -0.350. The molecule has 0 spiro atoms. The molecule has 0 saturated carbocycles. The lowest BCUT2D eigenvalue weighted by Crippen LogP contribution is -2.25. The zero-order valence-electron chi connectivity index (χ0n) is 13.9. The highest BCUT2D eigenvalue weighted by Crippen LogP contribution is 2.18. The minimum absolute atomic E-state index is 0.185. The number of rotatable bonds is 6. The van der Waals surface area contributed by atoms with E-state index in [2.05, 4.69) is 15.6 Å². The molecule has 0 fully saturated rings. The van der Waals surface area contributed by atoms with Gasteiger partial charge >= 0.3 is 0 Å². The molecule has 0 saturated heterocycles. The van der Waals surface area contributed by atoms with Crippen LogP contribution in [0, 0.1) is 0 Å². The SMILES string of the molecule is COCc1c(C(=O)NCc2ccccc2Cl)nnn1-c1ccc(Cl)cc1. The Balaban J connectivity index is 1.84. The van der Waals surface area contributed by atoms with Crippen molar-refractivity contribution in [1.29, 1.82) is 0 Å². The summed E-state index contributed by atoms with van der Waals surface area (Å²) in [5.41, 5.74) is 2.31. The van der Waals surface area contributed by atoms with Gasteiger partial charge < -0.3 is 10.1 Å². The van der Waals surface area contributed by atoms with Crippen LogP contribution < -0.4 is 5.32 Å². The van der Waals surface area contributed by atoms with Crippen molar-refractivity contribution in [2.24, 2.45) is 0 Å². The van der Waals surface area contributed by atoms with Gasteiger partial charge in [0.1, 0.15) is 5.69 Å². The monoisotopic (exact) mass is 390 g/mol. The van der Waals surface area contributed by atoms with E-state index in [1.165, 1.54) is 0 Å². The number of nitrogens with zero attached hydrogens (tertiary/aromatic N) is 3. The molecule has 2 aromatic carbocycles. The van der Waals surface area contributed by atoms with E-state index in [9.17, 15) is 4.79 Å². The molecule has 1 N–H and O–H groups in total. The summed E-state index contributed by atoms with van der Waals surface area (Å²) in [5, 5.41) is 12.1. The van der Waals surface area contributed by atoms with E-state index in [0.29, 0.717) is 22.3 Å². The quantitative estimate of drug-likeness (QED) is 0.697. The zero-order valence-corrected chi connectivity index (χ0v) is 15.5. The second-order valence-corrected chi connectivity index (χ2v) is 6.32. The molecule has 0 atom stereocenters. The molecule has 0 radical (unpaired) electrons. The van der Waals surface area contributed by atoms with Gasteiger partial charge in [-0.1, -0.05) is 46.6 Å². The van der Waals surface area contributed by atoms with Crippen molar-refractivity contribution in [2.75, 3.05) is 7.11 Å². The van der Waals surface area contributed by atoms with Gasteiger partial charge in [0.15, 0.2) is 5.69 Å². The number of ether oxygens (including phenoxy) is 1. The van der Waals surface area contributed by atoms with Gasteiger partial charge in [0.2, 0.25) is 0 Å². The summed E-state index contributed by atoms with van der Waals surface area (Å²) in [7, 11) is 1.55. The highest BCUT2D eigenvalue weighted by Gasteiger charge is 2.20. The standard InChI is InChI=1S/C18H16Cl2N4O2/c1-26-11-16-17(18(25)21-10-12-4-2-3-5-15(12)20)22-23-24(16)14-8-6-13(19)7-9-14/h2-9H,10-11H2,1H3,(H,21,25). The molecular weight excluding hydrogens is 375 g/mol. The summed E-state index contributed by atoms with van der Waals surface area (Å²) in [6.07, 6.45) is 0. The third-order valence-electron chi connectivity index (χ3n) is 3.73. The van der Waals surface area contributed by atoms with Gasteiger partial charge in [-0.2, -0.15) is 0 Å². The van der Waals surface area contributed by atoms with Crippen LogP contribution in [0.3, 0.4) is 0 Å². The minimum atomic E-state index is -0.350. The highest BCUT2D eigenvalue weighted by atomic mass is 35.5. The Labute approximate surface area is 160 Å². The average Bonchev–Trinajstić information content (AvgIpc) is 3.05. The van der Waals surface area contributed by atoms with Gasteiger partial charge in [0, 0.05) is 23.7 Å². The first-order chi connectivity index (χ1) is 12.6. The number of aromatic nitrogens is 3. The van der Waals surface area contributed by atoms with Crippen molar-refractivity contribution < 1.29 is 9.53 Å². The molecule has 0 aliphatic rings. The second-order valence-electron chi connectivity index (χ2n) is 5.48. The van der Waals surface area contributed by atoms with Crippen molar-refractivity contribution in [1.82, 2.24) is 20.3 Å². The van der Waals surface area contributed by atoms with Gasteiger partial charge in [0.05, 0.1) is 12.3 Å². The first kappa shape index (κ1) is 18.4. The lowest BCUT2D eigenvalue weighted by molar-refractivity contribution is 0.0940. The van der Waals surface area contributed by atoms with Gasteiger partial charge in [-0.3, -0.25) is 4.79 Å². The predicted molar refractivity (Wildman–Crippen MR) is 99.7 cm³/mol. The van der Waals surface area contributed by atoms with Crippen molar-refractivity contribution in [2.45, 2.75) is 13.2 Å². The molecule has 8 heteroatoms. The Kier molecular flexibility index (Phi) is 5.88. The summed E-state index contributed by atoms with van der Waals surface area (Å²) in [6, 6.07) is 14.4. The van der Waals surface area contributed by atoms with E-state index >= 15 is 0 Å². The first-order valence-electron chi connectivity index (χ1n) is 7.81. The Hall–Kier alpha value is -2.41. The number of hydrogen-bond acceptors (Lipinski definition) is 4. The normalized spacial score (nSPS) is 10.7. The van der Waals surface area contributed by atoms with Gasteiger partial charge in [-0.25, -0.2) is 4.68 Å². The summed E-state index contributed by atoms with van der Waals surface area (Å²) in [4.78, 5) is 12.6. The van der Waals surface area contributed by atoms with Crippen LogP contribution in [0.15, 0.2) is 48.5 Å². The number of hydrogen-bond donors (Lipinski definition) is 1. The fourth-order valence-corrected chi connectivity index (χ4v) is 2.76. The lowest BCUT2D eigenvalue weighted by Gasteiger charge is -2.08. The van der Waals surface area contributed by atoms with E-state index in [1.807, 2.05) is 18.2 Å².